The number of halogens is 10. The van der Waals surface area contributed by atoms with Gasteiger partial charge in [-0.15, -0.1) is 0 Å². The Morgan fingerprint density at radius 1 is 0.433 bits per heavy atom. The number of nitrogens with two attached hydrogens (primary N) is 4. The number of hydrogen-bond donors (Lipinski definition) is 8. The van der Waals surface area contributed by atoms with Crippen molar-refractivity contribution >= 4 is 74.0 Å². The van der Waals surface area contributed by atoms with Gasteiger partial charge in [0.2, 0.25) is 23.3 Å². The van der Waals surface area contributed by atoms with Crippen LogP contribution in [0, 0.1) is 107 Å². The standard InChI is InChI=1S/C13H9F2NO2.C13H11F2N.C12H8F2N2O2.C6H6BFO2.C6H4BrFN2O2.C6H5FN2O2.C4H9N.C4H8O.CH4O/c1-8-2-7-11(12(15)13(8)16(17)18)9-3-5-10(14)6-4-9;1-8-2-7-11(12(15)13(8)16)9-3-5-10(14)6-4-9;13-8-3-1-7(2-4-8)9-5-6-10(15)12(11(9)14)16(17)18;8-6-3-1-5(2-4-6)7(9)10;7-3-1-2-4(9)6(5(3)8)10(11)12;7-4-2-1-3-5(8)6(4)9(10)11;2*1-2-4-5-3-1;1-2/h2-7H,1H3;2-7H,16H2,1H3;1-6H,15H2;1-4,9-10H;1-2H,9H2;1-3H,8H2;5H,1-4H2;1-4H2;2H,1H3. The summed E-state index contributed by atoms with van der Waals surface area (Å²) >= 11 is 2.81. The van der Waals surface area contributed by atoms with Crippen molar-refractivity contribution < 1.29 is 79.1 Å². The van der Waals surface area contributed by atoms with E-state index in [2.05, 4.69) is 21.2 Å². The number of rotatable bonds is 8. The van der Waals surface area contributed by atoms with Gasteiger partial charge in [0, 0.05) is 42.6 Å². The van der Waals surface area contributed by atoms with Crippen molar-refractivity contribution in [1.82, 2.24) is 5.32 Å². The van der Waals surface area contributed by atoms with Crippen LogP contribution in [0.3, 0.4) is 0 Å². The topological polar surface area (TPSA) is 359 Å². The molecule has 0 amide bonds. The van der Waals surface area contributed by atoms with Crippen LogP contribution in [0.1, 0.15) is 36.8 Å². The highest BCUT2D eigenvalue weighted by atomic mass is 79.9. The highest BCUT2D eigenvalue weighted by Crippen LogP contribution is 2.35. The monoisotopic (exact) mass is 1420 g/mol. The van der Waals surface area contributed by atoms with Crippen molar-refractivity contribution in [2.75, 3.05) is 56.3 Å². The smallest absolute Gasteiger partial charge is 0.423 e. The largest absolute Gasteiger partial charge is 0.488 e. The molecule has 2 aliphatic rings. The average molecular weight is 1420 g/mol. The molecule has 12 N–H and O–H groups in total. The van der Waals surface area contributed by atoms with E-state index in [1.54, 1.807) is 19.1 Å². The Morgan fingerprint density at radius 3 is 1.12 bits per heavy atom. The van der Waals surface area contributed by atoms with Gasteiger partial charge in [0.25, 0.3) is 0 Å². The normalized spacial score (nSPS) is 11.4. The van der Waals surface area contributed by atoms with Crippen molar-refractivity contribution in [2.24, 2.45) is 0 Å². The van der Waals surface area contributed by atoms with Gasteiger partial charge in [0.1, 0.15) is 40.3 Å². The number of anilines is 4. The minimum atomic E-state index is -1.51. The summed E-state index contributed by atoms with van der Waals surface area (Å²) in [5.41, 5.74) is 21.3. The SMILES string of the molecule is C1CCNC1.C1CCOC1.CO.Cc1ccc(-c2ccc(F)cc2)c(F)c1N.Cc1ccc(-c2ccc(F)cc2)c(F)c1[N+](=O)[O-].Nc1ccc(-c2ccc(F)cc2)c(F)c1[N+](=O)[O-].Nc1ccc(Br)c(F)c1[N+](=O)[O-].Nc1cccc(F)c1[N+](=O)[O-].OB(O)c1ccc(F)cc1. The van der Waals surface area contributed by atoms with E-state index in [-0.39, 0.29) is 55.5 Å². The number of aryl methyl sites for hydroxylation is 2. The Balaban J connectivity index is 0.000000296. The molecule has 9 aromatic carbocycles. The van der Waals surface area contributed by atoms with Gasteiger partial charge in [-0.2, -0.15) is 17.6 Å². The molecule has 0 saturated carbocycles. The molecule has 0 spiro atoms. The fourth-order valence-corrected chi connectivity index (χ4v) is 8.45. The lowest BCUT2D eigenvalue weighted by Crippen LogP contribution is -2.29. The number of hydrogen-bond acceptors (Lipinski definition) is 17. The molecule has 2 heterocycles. The van der Waals surface area contributed by atoms with Gasteiger partial charge < -0.3 is 48.1 Å². The van der Waals surface area contributed by atoms with Gasteiger partial charge in [-0.1, -0.05) is 78.9 Å². The number of aliphatic hydroxyl groups excluding tert-OH is 1. The third kappa shape index (κ3) is 25.3. The fraction of sp³-hybridized carbons (Fsp3) is 0.169. The first-order valence-corrected chi connectivity index (χ1v) is 29.2. The molecule has 9 aromatic rings. The molecule has 97 heavy (non-hydrogen) atoms. The second-order valence-corrected chi connectivity index (χ2v) is 20.7. The molecule has 32 heteroatoms. The summed E-state index contributed by atoms with van der Waals surface area (Å²) in [7, 11) is -0.513. The van der Waals surface area contributed by atoms with Crippen molar-refractivity contribution in [3.05, 3.63) is 272 Å². The maximum Gasteiger partial charge on any atom is 0.488 e. The lowest BCUT2D eigenvalue weighted by Gasteiger charge is -2.08. The molecule has 514 valence electrons. The summed E-state index contributed by atoms with van der Waals surface area (Å²) in [6.45, 7) is 7.71. The van der Waals surface area contributed by atoms with Gasteiger partial charge in [0.15, 0.2) is 5.82 Å². The fourth-order valence-electron chi connectivity index (χ4n) is 8.13. The molecule has 11 rings (SSSR count). The van der Waals surface area contributed by atoms with Crippen LogP contribution in [0.4, 0.5) is 85.0 Å². The first-order valence-electron chi connectivity index (χ1n) is 28.4. The van der Waals surface area contributed by atoms with Gasteiger partial charge >= 0.3 is 29.9 Å². The summed E-state index contributed by atoms with van der Waals surface area (Å²) in [6.07, 6.45) is 5.33. The van der Waals surface area contributed by atoms with E-state index < -0.39 is 90.3 Å². The second-order valence-electron chi connectivity index (χ2n) is 19.8. The molecule has 0 bridgehead atoms. The van der Waals surface area contributed by atoms with Crippen LogP contribution < -0.4 is 33.7 Å². The van der Waals surface area contributed by atoms with E-state index in [0.717, 1.165) is 38.5 Å². The van der Waals surface area contributed by atoms with E-state index in [1.807, 2.05) is 0 Å². The van der Waals surface area contributed by atoms with Crippen LogP contribution in [0.5, 0.6) is 0 Å². The number of benzene rings is 9. The molecule has 2 saturated heterocycles. The minimum Gasteiger partial charge on any atom is -0.423 e. The Hall–Kier alpha value is -10.5. The molecule has 0 aliphatic carbocycles. The van der Waals surface area contributed by atoms with Crippen molar-refractivity contribution in [1.29, 1.82) is 0 Å². The molecular formula is C65H64BBrF9N9O12. The summed E-state index contributed by atoms with van der Waals surface area (Å²) in [5, 5.41) is 69.2. The number of nitrogens with zero attached hydrogens (tertiary/aromatic N) is 4. The van der Waals surface area contributed by atoms with Crippen molar-refractivity contribution in [2.45, 2.75) is 39.5 Å². The zero-order chi connectivity index (χ0) is 72.6. The average Bonchev–Trinajstić information content (AvgIpc) is 1.12. The number of nitrogen functional groups attached to an aromatic ring is 4. The van der Waals surface area contributed by atoms with Gasteiger partial charge in [-0.3, -0.25) is 40.5 Å². The summed E-state index contributed by atoms with van der Waals surface area (Å²) < 4.78 is 123. The Labute approximate surface area is 557 Å². The predicted molar refractivity (Wildman–Crippen MR) is 356 cm³/mol. The lowest BCUT2D eigenvalue weighted by atomic mass is 9.80. The first kappa shape index (κ1) is 80.7. The molecule has 0 unspecified atom stereocenters. The zero-order valence-corrected chi connectivity index (χ0v) is 53.3. The number of nitrogens with one attached hydrogen (secondary N) is 1. The maximum absolute atomic E-state index is 14.0. The first-order chi connectivity index (χ1) is 46.0. The highest BCUT2D eigenvalue weighted by molar-refractivity contribution is 9.10. The van der Waals surface area contributed by atoms with Gasteiger partial charge in [-0.25, -0.2) is 22.0 Å². The highest BCUT2D eigenvalue weighted by Gasteiger charge is 2.25. The third-order valence-electron chi connectivity index (χ3n) is 13.1. The van der Waals surface area contributed by atoms with E-state index >= 15 is 0 Å². The number of nitro groups is 4. The molecule has 2 fully saturated rings. The zero-order valence-electron chi connectivity index (χ0n) is 51.7. The lowest BCUT2D eigenvalue weighted by molar-refractivity contribution is -0.388. The Kier molecular flexibility index (Phi) is 33.9. The van der Waals surface area contributed by atoms with E-state index in [0.29, 0.717) is 33.3 Å². The summed E-state index contributed by atoms with van der Waals surface area (Å²) in [5.74, 6) is -5.86. The van der Waals surface area contributed by atoms with Gasteiger partial charge in [-0.05, 0) is 181 Å². The molecule has 0 radical (unpaired) electrons. The number of ether oxygens (including phenoxy) is 1. The molecular weight excluding hydrogens is 1360 g/mol. The quantitative estimate of drug-likeness (QED) is 0.0230. The van der Waals surface area contributed by atoms with E-state index in [1.165, 1.54) is 179 Å². The molecule has 0 aromatic heterocycles. The molecule has 21 nitrogen and oxygen atoms in total. The van der Waals surface area contributed by atoms with Crippen molar-refractivity contribution in [3.8, 4) is 33.4 Å². The predicted octanol–water partition coefficient (Wildman–Crippen LogP) is 14.2. The summed E-state index contributed by atoms with van der Waals surface area (Å²) in [6, 6.07) is 35.8. The van der Waals surface area contributed by atoms with Crippen LogP contribution >= 0.6 is 15.9 Å². The number of aliphatic hydroxyl groups is 1. The van der Waals surface area contributed by atoms with Crippen LogP contribution in [-0.2, 0) is 4.74 Å². The number of nitro benzene ring substituents is 4. The molecule has 0 atom stereocenters. The van der Waals surface area contributed by atoms with Crippen LogP contribution in [0.25, 0.3) is 33.4 Å². The Morgan fingerprint density at radius 2 is 0.784 bits per heavy atom. The van der Waals surface area contributed by atoms with Crippen LogP contribution in [0.2, 0.25) is 0 Å². The summed E-state index contributed by atoms with van der Waals surface area (Å²) in [4.78, 5) is 38.6. The maximum atomic E-state index is 14.0. The van der Waals surface area contributed by atoms with Crippen LogP contribution in [0.15, 0.2) is 168 Å². The van der Waals surface area contributed by atoms with Crippen LogP contribution in [-0.4, -0.2) is 75.4 Å². The third-order valence-corrected chi connectivity index (χ3v) is 13.7. The second kappa shape index (κ2) is 40.7. The Bertz CT molecular complexity index is 3900. The number of para-hydroxylation sites is 1. The minimum absolute atomic E-state index is 0.0101. The van der Waals surface area contributed by atoms with Gasteiger partial charge in [0.05, 0.1) is 29.9 Å². The molecule has 2 aliphatic heterocycles. The van der Waals surface area contributed by atoms with E-state index in [9.17, 15) is 80.0 Å². The van der Waals surface area contributed by atoms with Crippen molar-refractivity contribution in [3.63, 3.8) is 0 Å². The van der Waals surface area contributed by atoms with E-state index in [4.69, 9.17) is 42.8 Å².